The van der Waals surface area contributed by atoms with Gasteiger partial charge in [0, 0.05) is 18.3 Å². The van der Waals surface area contributed by atoms with Gasteiger partial charge in [-0.2, -0.15) is 4.73 Å². The van der Waals surface area contributed by atoms with Gasteiger partial charge in [0.25, 0.3) is 0 Å². The highest BCUT2D eigenvalue weighted by Crippen LogP contribution is 2.23. The van der Waals surface area contributed by atoms with Crippen LogP contribution in [-0.2, 0) is 0 Å². The summed E-state index contributed by atoms with van der Waals surface area (Å²) < 4.78 is 0.594. The van der Waals surface area contributed by atoms with E-state index >= 15 is 0 Å². The van der Waals surface area contributed by atoms with Crippen LogP contribution in [0.1, 0.15) is 0 Å². The summed E-state index contributed by atoms with van der Waals surface area (Å²) in [4.78, 5) is 14.1. The van der Waals surface area contributed by atoms with Crippen molar-refractivity contribution < 1.29 is 9.65 Å². The minimum absolute atomic E-state index is 0.101. The lowest BCUT2D eigenvalue weighted by Crippen LogP contribution is -2.24. The molecule has 0 bridgehead atoms. The average Bonchev–Trinajstić information content (AvgIpc) is 2.29. The fraction of sp³-hybridized carbons (Fsp3) is 0. The molecule has 17 heavy (non-hydrogen) atoms. The van der Waals surface area contributed by atoms with Gasteiger partial charge in [0.05, 0.1) is 4.92 Å². The lowest BCUT2D eigenvalue weighted by atomic mass is 10.3. The third-order valence-corrected chi connectivity index (χ3v) is 2.02. The van der Waals surface area contributed by atoms with E-state index in [1.54, 1.807) is 6.07 Å². The van der Waals surface area contributed by atoms with Crippen molar-refractivity contribution in [3.63, 3.8) is 0 Å². The number of nitrogens with zero attached hydrogens (tertiary/aromatic N) is 3. The smallest absolute Gasteiger partial charge is 0.311 e. The first kappa shape index (κ1) is 10.8. The van der Waals surface area contributed by atoms with Gasteiger partial charge in [-0.1, -0.05) is 0 Å². The zero-order valence-electron chi connectivity index (χ0n) is 8.61. The van der Waals surface area contributed by atoms with E-state index in [2.05, 4.69) is 10.3 Å². The van der Waals surface area contributed by atoms with Crippen molar-refractivity contribution in [3.8, 4) is 0 Å². The lowest BCUT2D eigenvalue weighted by molar-refractivity contribution is -0.604. The number of pyridine rings is 2. The highest BCUT2D eigenvalue weighted by Gasteiger charge is 2.14. The van der Waals surface area contributed by atoms with Crippen LogP contribution in [0.25, 0.3) is 0 Å². The summed E-state index contributed by atoms with van der Waals surface area (Å²) in [5.74, 6) is 0.101. The zero-order valence-corrected chi connectivity index (χ0v) is 8.61. The average molecular weight is 232 g/mol. The molecule has 0 aliphatic carbocycles. The molecule has 0 saturated carbocycles. The number of anilines is 2. The van der Waals surface area contributed by atoms with Crippen molar-refractivity contribution in [1.82, 2.24) is 4.98 Å². The van der Waals surface area contributed by atoms with Gasteiger partial charge in [-0.3, -0.25) is 10.1 Å². The van der Waals surface area contributed by atoms with E-state index in [9.17, 15) is 15.3 Å². The predicted molar refractivity (Wildman–Crippen MR) is 59.6 cm³/mol. The molecule has 7 heteroatoms. The molecule has 0 unspecified atom stereocenters. The van der Waals surface area contributed by atoms with Gasteiger partial charge in [0.15, 0.2) is 6.20 Å². The van der Waals surface area contributed by atoms with Gasteiger partial charge < -0.3 is 10.5 Å². The van der Waals surface area contributed by atoms with E-state index < -0.39 is 4.92 Å². The molecule has 2 aromatic heterocycles. The number of hydrogen-bond acceptors (Lipinski definition) is 5. The molecule has 2 heterocycles. The van der Waals surface area contributed by atoms with Crippen molar-refractivity contribution in [2.45, 2.75) is 0 Å². The maximum Gasteiger partial charge on any atom is 0.311 e. The Labute approximate surface area is 96.1 Å². The van der Waals surface area contributed by atoms with Crippen molar-refractivity contribution in [1.29, 1.82) is 0 Å². The maximum absolute atomic E-state index is 11.0. The second-order valence-corrected chi connectivity index (χ2v) is 3.21. The van der Waals surface area contributed by atoms with Gasteiger partial charge in [0.2, 0.25) is 12.0 Å². The van der Waals surface area contributed by atoms with Crippen LogP contribution in [0.2, 0.25) is 0 Å². The van der Waals surface area contributed by atoms with Crippen LogP contribution in [-0.4, -0.2) is 9.91 Å². The molecule has 2 aromatic rings. The molecule has 0 aliphatic heterocycles. The van der Waals surface area contributed by atoms with Crippen molar-refractivity contribution in [2.75, 3.05) is 5.32 Å². The van der Waals surface area contributed by atoms with Crippen molar-refractivity contribution >= 4 is 17.2 Å². The Morgan fingerprint density at radius 1 is 1.35 bits per heavy atom. The van der Waals surface area contributed by atoms with E-state index in [-0.39, 0.29) is 11.5 Å². The van der Waals surface area contributed by atoms with Crippen LogP contribution in [0.3, 0.4) is 0 Å². The van der Waals surface area contributed by atoms with E-state index in [0.717, 1.165) is 0 Å². The minimum Gasteiger partial charge on any atom is -0.619 e. The first-order chi connectivity index (χ1) is 8.16. The molecule has 0 aromatic carbocycles. The molecular weight excluding hydrogens is 224 g/mol. The fourth-order valence-corrected chi connectivity index (χ4v) is 1.31. The molecule has 86 valence electrons. The van der Waals surface area contributed by atoms with E-state index in [0.29, 0.717) is 10.4 Å². The largest absolute Gasteiger partial charge is 0.619 e. The van der Waals surface area contributed by atoms with Gasteiger partial charge in [-0.05, 0) is 12.1 Å². The van der Waals surface area contributed by atoms with Crippen LogP contribution in [0.5, 0.6) is 0 Å². The quantitative estimate of drug-likeness (QED) is 0.373. The summed E-state index contributed by atoms with van der Waals surface area (Å²) in [7, 11) is 0. The topological polar surface area (TPSA) is 95.0 Å². The molecule has 0 spiro atoms. The first-order valence-corrected chi connectivity index (χ1v) is 4.72. The minimum atomic E-state index is -0.538. The molecule has 0 fully saturated rings. The number of nitrogens with one attached hydrogen (secondary N) is 1. The third kappa shape index (κ3) is 2.46. The second kappa shape index (κ2) is 4.44. The van der Waals surface area contributed by atoms with Crippen LogP contribution >= 0.6 is 0 Å². The van der Waals surface area contributed by atoms with Crippen LogP contribution in [0.15, 0.2) is 42.9 Å². The second-order valence-electron chi connectivity index (χ2n) is 3.21. The Morgan fingerprint density at radius 2 is 2.18 bits per heavy atom. The van der Waals surface area contributed by atoms with Crippen molar-refractivity contribution in [2.24, 2.45) is 0 Å². The van der Waals surface area contributed by atoms with Crippen molar-refractivity contribution in [3.05, 3.63) is 58.2 Å². The summed E-state index contributed by atoms with van der Waals surface area (Å²) in [5.41, 5.74) is 0.290. The molecule has 2 rings (SSSR count). The molecule has 0 saturated heterocycles. The predicted octanol–water partition coefficient (Wildman–Crippen LogP) is 1.37. The Hall–Kier alpha value is -2.70. The number of aromatic nitrogens is 2. The number of nitro groups is 1. The Balaban J connectivity index is 2.33. The SMILES string of the molecule is O=[N+]([O-])c1cccnc1Nc1ccc[n+]([O-])c1. The van der Waals surface area contributed by atoms with Crippen LogP contribution in [0, 0.1) is 15.3 Å². The molecule has 7 nitrogen and oxygen atoms in total. The summed E-state index contributed by atoms with van der Waals surface area (Å²) in [5, 5.41) is 24.5. The van der Waals surface area contributed by atoms with E-state index in [1.807, 2.05) is 0 Å². The fourth-order valence-electron chi connectivity index (χ4n) is 1.31. The molecule has 0 atom stereocenters. The van der Waals surface area contributed by atoms with Crippen LogP contribution < -0.4 is 10.0 Å². The molecule has 0 amide bonds. The highest BCUT2D eigenvalue weighted by atomic mass is 16.6. The van der Waals surface area contributed by atoms with E-state index in [4.69, 9.17) is 0 Å². The molecule has 0 aliphatic rings. The monoisotopic (exact) mass is 232 g/mol. The van der Waals surface area contributed by atoms with Gasteiger partial charge >= 0.3 is 5.69 Å². The Kier molecular flexibility index (Phi) is 2.82. The summed E-state index contributed by atoms with van der Waals surface area (Å²) >= 11 is 0. The molecule has 0 radical (unpaired) electrons. The molecule has 1 N–H and O–H groups in total. The Morgan fingerprint density at radius 3 is 2.88 bits per heavy atom. The highest BCUT2D eigenvalue weighted by molar-refractivity contribution is 5.63. The summed E-state index contributed by atoms with van der Waals surface area (Å²) in [6.07, 6.45) is 4.01. The standard InChI is InChI=1S/C10H8N4O3/c15-13-6-2-3-8(7-13)12-10-9(14(16)17)4-1-5-11-10/h1-7H,(H,11,12). The maximum atomic E-state index is 11.0. The third-order valence-electron chi connectivity index (χ3n) is 2.02. The summed E-state index contributed by atoms with van der Waals surface area (Å²) in [6.45, 7) is 0. The van der Waals surface area contributed by atoms with E-state index in [1.165, 1.54) is 36.8 Å². The van der Waals surface area contributed by atoms with Gasteiger partial charge in [0.1, 0.15) is 5.69 Å². The van der Waals surface area contributed by atoms with Gasteiger partial charge in [-0.25, -0.2) is 4.98 Å². The Bertz CT molecular complexity index is 559. The lowest BCUT2D eigenvalue weighted by Gasteiger charge is -2.04. The van der Waals surface area contributed by atoms with Crippen LogP contribution in [0.4, 0.5) is 17.2 Å². The number of hydrogen-bond donors (Lipinski definition) is 1. The van der Waals surface area contributed by atoms with Gasteiger partial charge in [-0.15, -0.1) is 0 Å². The normalized spacial score (nSPS) is 9.88. The number of rotatable bonds is 3. The first-order valence-electron chi connectivity index (χ1n) is 4.72. The summed E-state index contributed by atoms with van der Waals surface area (Å²) in [6, 6.07) is 5.96. The molecular formula is C10H8N4O3. The zero-order chi connectivity index (χ0) is 12.3.